The molecule has 3 N–H and O–H groups in total. The third-order valence-electron chi connectivity index (χ3n) is 3.76. The fourth-order valence-corrected chi connectivity index (χ4v) is 3.24. The maximum absolute atomic E-state index is 5.93. The molecular weight excluding hydrogens is 270 g/mol. The lowest BCUT2D eigenvalue weighted by Gasteiger charge is -2.25. The van der Waals surface area contributed by atoms with Gasteiger partial charge < -0.3 is 11.1 Å². The van der Waals surface area contributed by atoms with Gasteiger partial charge >= 0.3 is 0 Å². The summed E-state index contributed by atoms with van der Waals surface area (Å²) >= 11 is 1.62. The minimum atomic E-state index is 0.411. The first-order chi connectivity index (χ1) is 9.81. The van der Waals surface area contributed by atoms with Gasteiger partial charge in [-0.05, 0) is 31.6 Å². The second-order valence-corrected chi connectivity index (χ2v) is 6.15. The lowest BCUT2D eigenvalue weighted by atomic mass is 9.86. The second kappa shape index (κ2) is 6.28. The summed E-state index contributed by atoms with van der Waals surface area (Å²) < 4.78 is 0. The Kier molecular flexibility index (Phi) is 4.22. The summed E-state index contributed by atoms with van der Waals surface area (Å²) in [5.41, 5.74) is 7.63. The highest BCUT2D eigenvalue weighted by atomic mass is 32.1. The van der Waals surface area contributed by atoms with E-state index >= 15 is 0 Å². The molecule has 1 fully saturated rings. The van der Waals surface area contributed by atoms with Gasteiger partial charge in [0.2, 0.25) is 0 Å². The van der Waals surface area contributed by atoms with Crippen LogP contribution in [-0.4, -0.2) is 27.5 Å². The number of nitrogens with two attached hydrogens (primary N) is 1. The summed E-state index contributed by atoms with van der Waals surface area (Å²) in [4.78, 5) is 12.9. The van der Waals surface area contributed by atoms with Crippen molar-refractivity contribution in [1.29, 1.82) is 0 Å². The molecule has 3 rings (SSSR count). The molecule has 1 aliphatic rings. The molecule has 1 aliphatic carbocycles. The highest BCUT2D eigenvalue weighted by Gasteiger charge is 2.18. The first-order valence-corrected chi connectivity index (χ1v) is 7.90. The van der Waals surface area contributed by atoms with Gasteiger partial charge in [0.05, 0.1) is 6.20 Å². The number of nitrogens with zero attached hydrogens (tertiary/aromatic N) is 3. The van der Waals surface area contributed by atoms with Gasteiger partial charge in [-0.1, -0.05) is 0 Å². The van der Waals surface area contributed by atoms with Crippen molar-refractivity contribution in [3.63, 3.8) is 0 Å². The van der Waals surface area contributed by atoms with Gasteiger partial charge in [-0.25, -0.2) is 4.98 Å². The van der Waals surface area contributed by atoms with Gasteiger partial charge in [0, 0.05) is 30.4 Å². The molecule has 6 heteroatoms. The van der Waals surface area contributed by atoms with Gasteiger partial charge in [-0.2, -0.15) is 0 Å². The van der Waals surface area contributed by atoms with E-state index in [2.05, 4.69) is 20.3 Å². The highest BCUT2D eigenvalue weighted by Crippen LogP contribution is 2.26. The molecular formula is C14H19N5S. The zero-order valence-electron chi connectivity index (χ0n) is 11.3. The van der Waals surface area contributed by atoms with E-state index in [9.17, 15) is 0 Å². The molecule has 0 atom stereocenters. The Labute approximate surface area is 122 Å². The first kappa shape index (κ1) is 13.5. The van der Waals surface area contributed by atoms with Crippen LogP contribution in [0.5, 0.6) is 0 Å². The molecule has 0 saturated heterocycles. The number of aromatic nitrogens is 3. The van der Waals surface area contributed by atoms with Gasteiger partial charge in [0.25, 0.3) is 0 Å². The number of thiazole rings is 1. The van der Waals surface area contributed by atoms with Crippen molar-refractivity contribution in [2.45, 2.75) is 31.7 Å². The minimum Gasteiger partial charge on any atom is -0.361 e. The number of hydrogen-bond donors (Lipinski definition) is 2. The molecule has 0 bridgehead atoms. The average molecular weight is 289 g/mol. The summed E-state index contributed by atoms with van der Waals surface area (Å²) in [7, 11) is 0. The van der Waals surface area contributed by atoms with Gasteiger partial charge in [0.1, 0.15) is 11.4 Å². The molecule has 5 nitrogen and oxygen atoms in total. The van der Waals surface area contributed by atoms with Crippen LogP contribution in [-0.2, 0) is 0 Å². The molecule has 20 heavy (non-hydrogen) atoms. The zero-order valence-corrected chi connectivity index (χ0v) is 12.1. The van der Waals surface area contributed by atoms with E-state index in [4.69, 9.17) is 5.73 Å². The highest BCUT2D eigenvalue weighted by molar-refractivity contribution is 7.14. The van der Waals surface area contributed by atoms with Crippen molar-refractivity contribution in [2.75, 3.05) is 11.9 Å². The summed E-state index contributed by atoms with van der Waals surface area (Å²) in [5.74, 6) is 0.721. The van der Waals surface area contributed by atoms with Crippen LogP contribution in [0.25, 0.3) is 11.4 Å². The van der Waals surface area contributed by atoms with Crippen LogP contribution in [0.2, 0.25) is 0 Å². The van der Waals surface area contributed by atoms with E-state index in [1.807, 2.05) is 5.38 Å². The quantitative estimate of drug-likeness (QED) is 0.904. The van der Waals surface area contributed by atoms with Crippen molar-refractivity contribution in [3.8, 4) is 11.4 Å². The van der Waals surface area contributed by atoms with Gasteiger partial charge in [0.15, 0.2) is 5.13 Å². The molecule has 0 spiro atoms. The molecule has 2 aromatic heterocycles. The van der Waals surface area contributed by atoms with E-state index in [0.29, 0.717) is 6.04 Å². The van der Waals surface area contributed by atoms with Crippen molar-refractivity contribution < 1.29 is 0 Å². The Bertz CT molecular complexity index is 534. The molecule has 0 aliphatic heterocycles. The van der Waals surface area contributed by atoms with E-state index in [-0.39, 0.29) is 0 Å². The van der Waals surface area contributed by atoms with Crippen LogP contribution < -0.4 is 11.1 Å². The molecule has 2 heterocycles. The molecule has 0 radical (unpaired) electrons. The van der Waals surface area contributed by atoms with E-state index in [1.54, 1.807) is 29.9 Å². The third-order valence-corrected chi connectivity index (χ3v) is 4.56. The summed E-state index contributed by atoms with van der Waals surface area (Å²) in [6.45, 7) is 0.986. The largest absolute Gasteiger partial charge is 0.361 e. The summed E-state index contributed by atoms with van der Waals surface area (Å²) in [5, 5.41) is 6.41. The SMILES string of the molecule is NC1CCC(CNc2nc(-c3cnccn3)cs2)CC1. The summed E-state index contributed by atoms with van der Waals surface area (Å²) in [6, 6.07) is 0.411. The number of rotatable bonds is 4. The van der Waals surface area contributed by atoms with Crippen molar-refractivity contribution in [2.24, 2.45) is 11.7 Å². The minimum absolute atomic E-state index is 0.411. The molecule has 0 amide bonds. The fraction of sp³-hybridized carbons (Fsp3) is 0.500. The monoisotopic (exact) mass is 289 g/mol. The molecule has 2 aromatic rings. The fourth-order valence-electron chi connectivity index (χ4n) is 2.53. The van der Waals surface area contributed by atoms with Crippen LogP contribution in [0.4, 0.5) is 5.13 Å². The van der Waals surface area contributed by atoms with Crippen LogP contribution in [0, 0.1) is 5.92 Å². The third kappa shape index (κ3) is 3.32. The average Bonchev–Trinajstić information content (AvgIpc) is 2.97. The predicted octanol–water partition coefficient (Wildman–Crippen LogP) is 2.53. The van der Waals surface area contributed by atoms with Crippen molar-refractivity contribution in [3.05, 3.63) is 24.0 Å². The van der Waals surface area contributed by atoms with Crippen LogP contribution in [0.15, 0.2) is 24.0 Å². The van der Waals surface area contributed by atoms with E-state index in [1.165, 1.54) is 12.8 Å². The standard InChI is InChI=1S/C14H19N5S/c15-11-3-1-10(2-4-11)7-18-14-19-13(9-20-14)12-8-16-5-6-17-12/h5-6,8-11H,1-4,7,15H2,(H,18,19). The second-order valence-electron chi connectivity index (χ2n) is 5.29. The smallest absolute Gasteiger partial charge is 0.183 e. The Hall–Kier alpha value is -1.53. The molecule has 106 valence electrons. The van der Waals surface area contributed by atoms with E-state index < -0.39 is 0 Å². The van der Waals surface area contributed by atoms with Gasteiger partial charge in [-0.15, -0.1) is 11.3 Å². The lowest BCUT2D eigenvalue weighted by Crippen LogP contribution is -2.29. The van der Waals surface area contributed by atoms with Gasteiger partial charge in [-0.3, -0.25) is 9.97 Å². The lowest BCUT2D eigenvalue weighted by molar-refractivity contribution is 0.339. The molecule has 1 saturated carbocycles. The number of hydrogen-bond acceptors (Lipinski definition) is 6. The van der Waals surface area contributed by atoms with Crippen LogP contribution >= 0.6 is 11.3 Å². The maximum atomic E-state index is 5.93. The van der Waals surface area contributed by atoms with Crippen molar-refractivity contribution in [1.82, 2.24) is 15.0 Å². The van der Waals surface area contributed by atoms with Crippen LogP contribution in [0.1, 0.15) is 25.7 Å². The predicted molar refractivity (Wildman–Crippen MR) is 81.6 cm³/mol. The van der Waals surface area contributed by atoms with E-state index in [0.717, 1.165) is 41.8 Å². The summed E-state index contributed by atoms with van der Waals surface area (Å²) in [6.07, 6.45) is 9.83. The first-order valence-electron chi connectivity index (χ1n) is 7.02. The molecule has 0 unspecified atom stereocenters. The molecule has 0 aromatic carbocycles. The Morgan fingerprint density at radius 3 is 2.80 bits per heavy atom. The topological polar surface area (TPSA) is 76.7 Å². The Balaban J connectivity index is 1.55. The Morgan fingerprint density at radius 2 is 2.05 bits per heavy atom. The van der Waals surface area contributed by atoms with Crippen molar-refractivity contribution >= 4 is 16.5 Å². The maximum Gasteiger partial charge on any atom is 0.183 e. The number of anilines is 1. The number of nitrogens with one attached hydrogen (secondary N) is 1. The normalized spacial score (nSPS) is 22.6. The Morgan fingerprint density at radius 1 is 1.20 bits per heavy atom. The zero-order chi connectivity index (χ0) is 13.8. The van der Waals surface area contributed by atoms with Crippen LogP contribution in [0.3, 0.4) is 0 Å².